The molecule has 17 heavy (non-hydrogen) atoms. The lowest BCUT2D eigenvalue weighted by atomic mass is 9.81. The SMILES string of the molecule is NC1CC(c2nc(-c3ccc(Br)cc3)cs2)C1. The van der Waals surface area contributed by atoms with Crippen molar-refractivity contribution in [2.75, 3.05) is 0 Å². The van der Waals surface area contributed by atoms with Gasteiger partial charge in [0.05, 0.1) is 10.7 Å². The molecule has 1 aliphatic carbocycles. The summed E-state index contributed by atoms with van der Waals surface area (Å²) in [4.78, 5) is 4.71. The molecule has 1 aromatic heterocycles. The van der Waals surface area contributed by atoms with E-state index < -0.39 is 0 Å². The highest BCUT2D eigenvalue weighted by atomic mass is 79.9. The average Bonchev–Trinajstić information content (AvgIpc) is 2.75. The molecule has 1 saturated carbocycles. The zero-order chi connectivity index (χ0) is 11.8. The van der Waals surface area contributed by atoms with E-state index in [1.54, 1.807) is 11.3 Å². The fourth-order valence-corrected chi connectivity index (χ4v) is 3.31. The van der Waals surface area contributed by atoms with Gasteiger partial charge in [-0.15, -0.1) is 11.3 Å². The molecule has 0 spiro atoms. The normalized spacial score (nSPS) is 23.4. The van der Waals surface area contributed by atoms with E-state index in [4.69, 9.17) is 10.7 Å². The predicted octanol–water partition coefficient (Wildman–Crippen LogP) is 3.78. The van der Waals surface area contributed by atoms with Crippen LogP contribution in [0.4, 0.5) is 0 Å². The Balaban J connectivity index is 1.82. The number of thiazole rings is 1. The molecule has 1 aromatic carbocycles. The highest BCUT2D eigenvalue weighted by Gasteiger charge is 2.29. The molecular weight excluding hydrogens is 296 g/mol. The Morgan fingerprint density at radius 1 is 1.24 bits per heavy atom. The van der Waals surface area contributed by atoms with E-state index in [1.807, 2.05) is 12.1 Å². The molecule has 1 fully saturated rings. The van der Waals surface area contributed by atoms with Crippen molar-refractivity contribution >= 4 is 27.3 Å². The fraction of sp³-hybridized carbons (Fsp3) is 0.308. The number of nitrogens with zero attached hydrogens (tertiary/aromatic N) is 1. The third-order valence-electron chi connectivity index (χ3n) is 3.19. The minimum atomic E-state index is 0.389. The van der Waals surface area contributed by atoms with Crippen molar-refractivity contribution in [3.8, 4) is 11.3 Å². The first-order valence-electron chi connectivity index (χ1n) is 5.69. The van der Waals surface area contributed by atoms with Crippen LogP contribution in [0.25, 0.3) is 11.3 Å². The zero-order valence-corrected chi connectivity index (χ0v) is 11.7. The Bertz CT molecular complexity index is 514. The summed E-state index contributed by atoms with van der Waals surface area (Å²) in [6.07, 6.45) is 2.18. The highest BCUT2D eigenvalue weighted by Crippen LogP contribution is 2.38. The van der Waals surface area contributed by atoms with Crippen LogP contribution in [0.5, 0.6) is 0 Å². The standard InChI is InChI=1S/C13H13BrN2S/c14-10-3-1-8(2-4-10)12-7-17-13(16-12)9-5-11(15)6-9/h1-4,7,9,11H,5-6,15H2. The molecule has 2 nitrogen and oxygen atoms in total. The lowest BCUT2D eigenvalue weighted by molar-refractivity contribution is 0.351. The van der Waals surface area contributed by atoms with E-state index in [9.17, 15) is 0 Å². The van der Waals surface area contributed by atoms with Crippen LogP contribution in [0.3, 0.4) is 0 Å². The Morgan fingerprint density at radius 3 is 2.59 bits per heavy atom. The van der Waals surface area contributed by atoms with Gasteiger partial charge in [-0.05, 0) is 25.0 Å². The summed E-state index contributed by atoms with van der Waals surface area (Å²) in [6.45, 7) is 0. The van der Waals surface area contributed by atoms with Crippen molar-refractivity contribution in [3.05, 3.63) is 39.1 Å². The molecule has 4 heteroatoms. The van der Waals surface area contributed by atoms with Crippen molar-refractivity contribution in [1.29, 1.82) is 0 Å². The maximum atomic E-state index is 5.81. The number of benzene rings is 1. The largest absolute Gasteiger partial charge is 0.328 e. The quantitative estimate of drug-likeness (QED) is 0.917. The minimum absolute atomic E-state index is 0.389. The first-order valence-corrected chi connectivity index (χ1v) is 7.36. The molecule has 0 saturated heterocycles. The highest BCUT2D eigenvalue weighted by molar-refractivity contribution is 9.10. The van der Waals surface area contributed by atoms with Gasteiger partial charge in [0, 0.05) is 27.4 Å². The number of aromatic nitrogens is 1. The van der Waals surface area contributed by atoms with Crippen molar-refractivity contribution in [1.82, 2.24) is 4.98 Å². The maximum absolute atomic E-state index is 5.81. The summed E-state index contributed by atoms with van der Waals surface area (Å²) in [5.74, 6) is 0.596. The second-order valence-corrected chi connectivity index (χ2v) is 6.31. The lowest BCUT2D eigenvalue weighted by Gasteiger charge is -2.30. The first-order chi connectivity index (χ1) is 8.22. The van der Waals surface area contributed by atoms with Crippen molar-refractivity contribution < 1.29 is 0 Å². The second-order valence-electron chi connectivity index (χ2n) is 4.51. The van der Waals surface area contributed by atoms with Crippen molar-refractivity contribution in [3.63, 3.8) is 0 Å². The third-order valence-corrected chi connectivity index (χ3v) is 4.72. The molecule has 1 aliphatic rings. The molecule has 3 rings (SSSR count). The number of rotatable bonds is 2. The average molecular weight is 309 g/mol. The van der Waals surface area contributed by atoms with E-state index in [-0.39, 0.29) is 0 Å². The van der Waals surface area contributed by atoms with E-state index in [1.165, 1.54) is 10.6 Å². The molecule has 2 N–H and O–H groups in total. The fourth-order valence-electron chi connectivity index (χ4n) is 2.09. The van der Waals surface area contributed by atoms with Gasteiger partial charge in [-0.3, -0.25) is 0 Å². The smallest absolute Gasteiger partial charge is 0.0964 e. The summed E-state index contributed by atoms with van der Waals surface area (Å²) >= 11 is 5.20. The van der Waals surface area contributed by atoms with Crippen LogP contribution >= 0.6 is 27.3 Å². The molecule has 0 radical (unpaired) electrons. The van der Waals surface area contributed by atoms with E-state index in [2.05, 4.69) is 33.4 Å². The Morgan fingerprint density at radius 2 is 1.94 bits per heavy atom. The zero-order valence-electron chi connectivity index (χ0n) is 9.27. The predicted molar refractivity (Wildman–Crippen MR) is 75.2 cm³/mol. The van der Waals surface area contributed by atoms with Gasteiger partial charge in [0.25, 0.3) is 0 Å². The van der Waals surface area contributed by atoms with Gasteiger partial charge >= 0.3 is 0 Å². The number of hydrogen-bond donors (Lipinski definition) is 1. The molecule has 88 valence electrons. The van der Waals surface area contributed by atoms with Gasteiger partial charge in [-0.25, -0.2) is 4.98 Å². The monoisotopic (exact) mass is 308 g/mol. The van der Waals surface area contributed by atoms with Crippen LogP contribution in [-0.4, -0.2) is 11.0 Å². The molecule has 0 amide bonds. The summed E-state index contributed by atoms with van der Waals surface area (Å²) in [7, 11) is 0. The van der Waals surface area contributed by atoms with E-state index in [0.29, 0.717) is 12.0 Å². The lowest BCUT2D eigenvalue weighted by Crippen LogP contribution is -2.34. The first kappa shape index (κ1) is 11.4. The second kappa shape index (κ2) is 4.52. The summed E-state index contributed by atoms with van der Waals surface area (Å²) in [5.41, 5.74) is 8.07. The van der Waals surface area contributed by atoms with Crippen LogP contribution in [0.15, 0.2) is 34.1 Å². The third kappa shape index (κ3) is 2.30. The van der Waals surface area contributed by atoms with Crippen LogP contribution in [0.2, 0.25) is 0 Å². The van der Waals surface area contributed by atoms with Crippen LogP contribution in [0, 0.1) is 0 Å². The summed E-state index contributed by atoms with van der Waals surface area (Å²) < 4.78 is 1.10. The van der Waals surface area contributed by atoms with E-state index >= 15 is 0 Å². The molecule has 0 atom stereocenters. The summed E-state index contributed by atoms with van der Waals surface area (Å²) in [5, 5.41) is 3.38. The van der Waals surface area contributed by atoms with Gasteiger partial charge in [0.1, 0.15) is 0 Å². The van der Waals surface area contributed by atoms with Gasteiger partial charge in [0.2, 0.25) is 0 Å². The van der Waals surface area contributed by atoms with Crippen molar-refractivity contribution in [2.24, 2.45) is 5.73 Å². The number of halogens is 1. The Kier molecular flexibility index (Phi) is 3.03. The number of nitrogens with two attached hydrogens (primary N) is 1. The van der Waals surface area contributed by atoms with Gasteiger partial charge in [-0.2, -0.15) is 0 Å². The molecular formula is C13H13BrN2S. The maximum Gasteiger partial charge on any atom is 0.0964 e. The molecule has 1 heterocycles. The van der Waals surface area contributed by atoms with Gasteiger partial charge in [0.15, 0.2) is 0 Å². The van der Waals surface area contributed by atoms with Crippen molar-refractivity contribution in [2.45, 2.75) is 24.8 Å². The molecule has 0 aliphatic heterocycles. The molecule has 0 bridgehead atoms. The van der Waals surface area contributed by atoms with Crippen LogP contribution in [-0.2, 0) is 0 Å². The topological polar surface area (TPSA) is 38.9 Å². The Labute approximate surface area is 113 Å². The Hall–Kier alpha value is -0.710. The van der Waals surface area contributed by atoms with Gasteiger partial charge < -0.3 is 5.73 Å². The summed E-state index contributed by atoms with van der Waals surface area (Å²) in [6, 6.07) is 8.67. The van der Waals surface area contributed by atoms with Crippen LogP contribution in [0.1, 0.15) is 23.8 Å². The number of hydrogen-bond acceptors (Lipinski definition) is 3. The minimum Gasteiger partial charge on any atom is -0.328 e. The van der Waals surface area contributed by atoms with E-state index in [0.717, 1.165) is 23.0 Å². The van der Waals surface area contributed by atoms with Gasteiger partial charge in [-0.1, -0.05) is 28.1 Å². The van der Waals surface area contributed by atoms with Crippen LogP contribution < -0.4 is 5.73 Å². The molecule has 2 aromatic rings. The molecule has 0 unspecified atom stereocenters.